The van der Waals surface area contributed by atoms with E-state index in [0.29, 0.717) is 12.0 Å². The summed E-state index contributed by atoms with van der Waals surface area (Å²) in [6.07, 6.45) is 5.83. The van der Waals surface area contributed by atoms with Gasteiger partial charge in [0.15, 0.2) is 0 Å². The molecule has 168 valence electrons. The molecule has 0 aliphatic rings. The van der Waals surface area contributed by atoms with Crippen molar-refractivity contribution in [3.05, 3.63) is 95.7 Å². The van der Waals surface area contributed by atoms with Crippen molar-refractivity contribution in [2.45, 2.75) is 26.2 Å². The number of hydrogen-bond donors (Lipinski definition) is 2. The van der Waals surface area contributed by atoms with Crippen LogP contribution in [0.25, 0.3) is 33.7 Å². The molecule has 1 amide bonds. The molecule has 0 aliphatic carbocycles. The monoisotopic (exact) mass is 448 g/mol. The van der Waals surface area contributed by atoms with Crippen LogP contribution < -0.4 is 5.73 Å². The SMILES string of the molecule is CCCc1cccc(-c2[nH]c(Cc3cccc(C(N)=O)c3)nc2-c2ccc3nccnc3c2)n1. The van der Waals surface area contributed by atoms with Gasteiger partial charge in [-0.1, -0.05) is 37.6 Å². The highest BCUT2D eigenvalue weighted by molar-refractivity contribution is 5.93. The molecule has 0 saturated heterocycles. The lowest BCUT2D eigenvalue weighted by molar-refractivity contribution is 0.1000. The Labute approximate surface area is 197 Å². The Morgan fingerprint density at radius 1 is 0.941 bits per heavy atom. The summed E-state index contributed by atoms with van der Waals surface area (Å²) in [5.74, 6) is 0.324. The van der Waals surface area contributed by atoms with Gasteiger partial charge in [0.2, 0.25) is 5.91 Å². The molecule has 5 aromatic rings. The van der Waals surface area contributed by atoms with Gasteiger partial charge in [-0.25, -0.2) is 4.98 Å². The quantitative estimate of drug-likeness (QED) is 0.374. The number of H-pyrrole nitrogens is 1. The molecule has 5 rings (SSSR count). The maximum atomic E-state index is 11.6. The Hall–Kier alpha value is -4.39. The fraction of sp³-hybridized carbons (Fsp3) is 0.148. The van der Waals surface area contributed by atoms with Crippen LogP contribution in [0.4, 0.5) is 0 Å². The van der Waals surface area contributed by atoms with Gasteiger partial charge in [-0.2, -0.15) is 0 Å². The molecular formula is C27H24N6O. The van der Waals surface area contributed by atoms with Crippen molar-refractivity contribution in [3.63, 3.8) is 0 Å². The zero-order valence-corrected chi connectivity index (χ0v) is 18.8. The third-order valence-corrected chi connectivity index (χ3v) is 5.65. The number of carbonyl (C=O) groups excluding carboxylic acids is 1. The highest BCUT2D eigenvalue weighted by Crippen LogP contribution is 2.31. The fourth-order valence-corrected chi connectivity index (χ4v) is 4.05. The highest BCUT2D eigenvalue weighted by atomic mass is 16.1. The first-order valence-corrected chi connectivity index (χ1v) is 11.3. The van der Waals surface area contributed by atoms with E-state index in [1.807, 2.05) is 48.5 Å². The predicted molar refractivity (Wildman–Crippen MR) is 132 cm³/mol. The second kappa shape index (κ2) is 9.23. The van der Waals surface area contributed by atoms with Crippen LogP contribution in [0.5, 0.6) is 0 Å². The van der Waals surface area contributed by atoms with Crippen molar-refractivity contribution >= 4 is 16.9 Å². The average Bonchev–Trinajstić information content (AvgIpc) is 3.28. The van der Waals surface area contributed by atoms with Crippen LogP contribution in [-0.2, 0) is 12.8 Å². The standard InChI is InChI=1S/C27H24N6O/c1-2-5-20-8-4-9-22(31-20)26-25(18-10-11-21-23(16-18)30-13-12-29-21)32-24(33-26)15-17-6-3-7-19(14-17)27(28)34/h3-4,6-14,16H,2,5,15H2,1H3,(H2,28,34)(H,32,33). The van der Waals surface area contributed by atoms with Gasteiger partial charge in [-0.15, -0.1) is 0 Å². The Kier molecular flexibility index (Phi) is 5.82. The largest absolute Gasteiger partial charge is 0.366 e. The molecule has 0 spiro atoms. The van der Waals surface area contributed by atoms with Crippen molar-refractivity contribution < 1.29 is 4.79 Å². The first-order chi connectivity index (χ1) is 16.6. The maximum absolute atomic E-state index is 11.6. The lowest BCUT2D eigenvalue weighted by atomic mass is 10.1. The Morgan fingerprint density at radius 3 is 2.59 bits per heavy atom. The smallest absolute Gasteiger partial charge is 0.248 e. The molecule has 0 saturated carbocycles. The Morgan fingerprint density at radius 2 is 1.76 bits per heavy atom. The third kappa shape index (κ3) is 4.41. The molecule has 0 unspecified atom stereocenters. The molecule has 0 bridgehead atoms. The number of pyridine rings is 1. The van der Waals surface area contributed by atoms with Crippen LogP contribution in [0.3, 0.4) is 0 Å². The summed E-state index contributed by atoms with van der Waals surface area (Å²) in [5, 5.41) is 0. The highest BCUT2D eigenvalue weighted by Gasteiger charge is 2.17. The topological polar surface area (TPSA) is 110 Å². The molecule has 0 atom stereocenters. The normalized spacial score (nSPS) is 11.1. The van der Waals surface area contributed by atoms with Gasteiger partial charge in [-0.05, 0) is 48.4 Å². The van der Waals surface area contributed by atoms with Crippen LogP contribution in [-0.4, -0.2) is 30.8 Å². The van der Waals surface area contributed by atoms with Crippen LogP contribution in [0.1, 0.15) is 40.8 Å². The minimum atomic E-state index is -0.447. The van der Waals surface area contributed by atoms with E-state index in [1.165, 1.54) is 0 Å². The number of benzene rings is 2. The van der Waals surface area contributed by atoms with Crippen molar-refractivity contribution in [2.24, 2.45) is 5.73 Å². The van der Waals surface area contributed by atoms with Gasteiger partial charge < -0.3 is 10.7 Å². The maximum Gasteiger partial charge on any atom is 0.248 e. The van der Waals surface area contributed by atoms with Gasteiger partial charge in [0.25, 0.3) is 0 Å². The van der Waals surface area contributed by atoms with E-state index in [9.17, 15) is 4.79 Å². The third-order valence-electron chi connectivity index (χ3n) is 5.65. The molecule has 0 fully saturated rings. The molecule has 7 heteroatoms. The average molecular weight is 449 g/mol. The predicted octanol–water partition coefficient (Wildman–Crippen LogP) is 4.72. The van der Waals surface area contributed by atoms with Gasteiger partial charge in [-0.3, -0.25) is 19.7 Å². The van der Waals surface area contributed by atoms with Crippen molar-refractivity contribution in [1.82, 2.24) is 24.9 Å². The number of nitrogens with two attached hydrogens (primary N) is 1. The van der Waals surface area contributed by atoms with Gasteiger partial charge in [0.1, 0.15) is 5.82 Å². The van der Waals surface area contributed by atoms with E-state index >= 15 is 0 Å². The summed E-state index contributed by atoms with van der Waals surface area (Å²) >= 11 is 0. The first-order valence-electron chi connectivity index (χ1n) is 11.3. The molecular weight excluding hydrogens is 424 g/mol. The van der Waals surface area contributed by atoms with Crippen LogP contribution in [0, 0.1) is 0 Å². The number of aromatic nitrogens is 5. The molecule has 3 aromatic heterocycles. The summed E-state index contributed by atoms with van der Waals surface area (Å²) in [7, 11) is 0. The van der Waals surface area contributed by atoms with E-state index < -0.39 is 5.91 Å². The number of primary amides is 1. The molecule has 7 nitrogen and oxygen atoms in total. The Bertz CT molecular complexity index is 1490. The summed E-state index contributed by atoms with van der Waals surface area (Å²) in [5.41, 5.74) is 13.0. The summed E-state index contributed by atoms with van der Waals surface area (Å²) in [4.78, 5) is 33.7. The zero-order chi connectivity index (χ0) is 23.5. The van der Waals surface area contributed by atoms with Crippen LogP contribution in [0.2, 0.25) is 0 Å². The lowest BCUT2D eigenvalue weighted by Crippen LogP contribution is -2.11. The zero-order valence-electron chi connectivity index (χ0n) is 18.8. The number of aromatic amines is 1. The minimum Gasteiger partial charge on any atom is -0.366 e. The summed E-state index contributed by atoms with van der Waals surface area (Å²) in [6, 6.07) is 19.3. The summed E-state index contributed by atoms with van der Waals surface area (Å²) in [6.45, 7) is 2.14. The first kappa shape index (κ1) is 21.5. The van der Waals surface area contributed by atoms with Gasteiger partial charge in [0.05, 0.1) is 28.1 Å². The number of nitrogens with zero attached hydrogens (tertiary/aromatic N) is 4. The van der Waals surface area contributed by atoms with Crippen molar-refractivity contribution in [1.29, 1.82) is 0 Å². The van der Waals surface area contributed by atoms with Gasteiger partial charge in [0, 0.05) is 35.6 Å². The Balaban J connectivity index is 1.61. The second-order valence-corrected chi connectivity index (χ2v) is 8.17. The lowest BCUT2D eigenvalue weighted by Gasteiger charge is -2.06. The van der Waals surface area contributed by atoms with Crippen LogP contribution in [0.15, 0.2) is 73.1 Å². The summed E-state index contributed by atoms with van der Waals surface area (Å²) < 4.78 is 0. The van der Waals surface area contributed by atoms with Crippen LogP contribution >= 0.6 is 0 Å². The van der Waals surface area contributed by atoms with E-state index in [0.717, 1.165) is 63.6 Å². The number of imidazole rings is 1. The number of amides is 1. The van der Waals surface area contributed by atoms with Crippen molar-refractivity contribution in [2.75, 3.05) is 0 Å². The number of aryl methyl sites for hydroxylation is 1. The van der Waals surface area contributed by atoms with E-state index in [-0.39, 0.29) is 0 Å². The molecule has 3 heterocycles. The molecule has 3 N–H and O–H groups in total. The number of hydrogen-bond acceptors (Lipinski definition) is 5. The minimum absolute atomic E-state index is 0.447. The molecule has 2 aromatic carbocycles. The molecule has 0 radical (unpaired) electrons. The number of carbonyl (C=O) groups is 1. The number of fused-ring (bicyclic) bond motifs is 1. The van der Waals surface area contributed by atoms with Gasteiger partial charge >= 0.3 is 0 Å². The second-order valence-electron chi connectivity index (χ2n) is 8.17. The van der Waals surface area contributed by atoms with Crippen molar-refractivity contribution in [3.8, 4) is 22.6 Å². The van der Waals surface area contributed by atoms with E-state index in [1.54, 1.807) is 24.5 Å². The number of rotatable bonds is 7. The van der Waals surface area contributed by atoms with E-state index in [4.69, 9.17) is 15.7 Å². The molecule has 34 heavy (non-hydrogen) atoms. The molecule has 0 aliphatic heterocycles. The van der Waals surface area contributed by atoms with E-state index in [2.05, 4.69) is 21.9 Å². The number of nitrogens with one attached hydrogen (secondary N) is 1. The fourth-order valence-electron chi connectivity index (χ4n) is 4.05.